The summed E-state index contributed by atoms with van der Waals surface area (Å²) in [4.78, 5) is 27.1. The molecule has 0 aliphatic heterocycles. The number of methoxy groups -OCH3 is 1. The van der Waals surface area contributed by atoms with Gasteiger partial charge in [-0.2, -0.15) is 0 Å². The predicted molar refractivity (Wildman–Crippen MR) is 289 cm³/mol. The Hall–Kier alpha value is -0.790. The Bertz CT molecular complexity index is 1090. The van der Waals surface area contributed by atoms with Crippen LogP contribution in [0.3, 0.4) is 0 Å². The maximum Gasteiger partial charge on any atom is 0.279 e. The van der Waals surface area contributed by atoms with Crippen molar-refractivity contribution in [3.8, 4) is 0 Å². The van der Waals surface area contributed by atoms with Gasteiger partial charge >= 0.3 is 0 Å². The predicted octanol–water partition coefficient (Wildman–Crippen LogP) is 18.7. The lowest BCUT2D eigenvalue weighted by atomic mass is 9.70. The summed E-state index contributed by atoms with van der Waals surface area (Å²) in [6.45, 7) is 23.7. The highest BCUT2D eigenvalue weighted by Gasteiger charge is 2.38. The molecule has 2 amide bonds. The molecular formula is C58H116N2O4S. The molecule has 0 aromatic heterocycles. The normalized spacial score (nSPS) is 13.1. The van der Waals surface area contributed by atoms with E-state index in [-0.39, 0.29) is 33.0 Å². The van der Waals surface area contributed by atoms with Crippen molar-refractivity contribution in [3.05, 3.63) is 0 Å². The highest BCUT2D eigenvalue weighted by molar-refractivity contribution is 8.14. The number of hydrogen-bond acceptors (Lipinski definition) is 5. The van der Waals surface area contributed by atoms with Crippen LogP contribution in [0.25, 0.3) is 0 Å². The third kappa shape index (κ3) is 41.9. The summed E-state index contributed by atoms with van der Waals surface area (Å²) in [5.41, 5.74) is -1.17. The van der Waals surface area contributed by atoms with E-state index < -0.39 is 5.41 Å². The zero-order valence-electron chi connectivity index (χ0n) is 45.9. The van der Waals surface area contributed by atoms with Gasteiger partial charge in [0.25, 0.3) is 5.24 Å². The summed E-state index contributed by atoms with van der Waals surface area (Å²) < 4.78 is 12.0. The van der Waals surface area contributed by atoms with Crippen molar-refractivity contribution in [2.45, 2.75) is 323 Å². The van der Waals surface area contributed by atoms with Crippen LogP contribution in [-0.4, -0.2) is 54.4 Å². The van der Waals surface area contributed by atoms with Gasteiger partial charge in [0.1, 0.15) is 0 Å². The first-order chi connectivity index (χ1) is 31.0. The molecule has 0 saturated heterocycles. The second kappa shape index (κ2) is 41.0. The van der Waals surface area contributed by atoms with Crippen LogP contribution >= 0.6 is 11.8 Å². The minimum absolute atomic E-state index is 0.0636. The summed E-state index contributed by atoms with van der Waals surface area (Å²) >= 11 is 1.42. The van der Waals surface area contributed by atoms with Gasteiger partial charge in [0.2, 0.25) is 5.91 Å². The molecule has 6 nitrogen and oxygen atoms in total. The average molecular weight is 938 g/mol. The Balaban J connectivity index is 4.75. The van der Waals surface area contributed by atoms with Crippen molar-refractivity contribution >= 4 is 22.9 Å². The largest absolute Gasteiger partial charge is 0.379 e. The molecule has 1 atom stereocenters. The first-order valence-electron chi connectivity index (χ1n) is 28.4. The molecule has 0 bridgehead atoms. The lowest BCUT2D eigenvalue weighted by Gasteiger charge is -2.40. The van der Waals surface area contributed by atoms with E-state index in [4.69, 9.17) is 9.47 Å². The number of amides is 2. The van der Waals surface area contributed by atoms with Crippen LogP contribution in [0.15, 0.2) is 0 Å². The smallest absolute Gasteiger partial charge is 0.279 e. The molecule has 0 aliphatic carbocycles. The Kier molecular flexibility index (Phi) is 40.5. The third-order valence-corrected chi connectivity index (χ3v) is 15.0. The molecule has 0 aromatic carbocycles. The van der Waals surface area contributed by atoms with Gasteiger partial charge in [-0.05, 0) is 65.2 Å². The van der Waals surface area contributed by atoms with E-state index in [0.717, 1.165) is 45.1 Å². The van der Waals surface area contributed by atoms with Crippen molar-refractivity contribution in [1.82, 2.24) is 10.6 Å². The van der Waals surface area contributed by atoms with Gasteiger partial charge in [-0.15, -0.1) is 0 Å². The first kappa shape index (κ1) is 64.2. The zero-order chi connectivity index (χ0) is 48.6. The van der Waals surface area contributed by atoms with Crippen LogP contribution in [-0.2, 0) is 14.3 Å². The van der Waals surface area contributed by atoms with E-state index >= 15 is 0 Å². The number of rotatable bonds is 48. The van der Waals surface area contributed by atoms with Crippen LogP contribution in [0.1, 0.15) is 307 Å². The van der Waals surface area contributed by atoms with E-state index in [1.807, 2.05) is 0 Å². The Morgan fingerprint density at radius 3 is 1.23 bits per heavy atom. The van der Waals surface area contributed by atoms with E-state index in [9.17, 15) is 9.59 Å². The fourth-order valence-electron chi connectivity index (χ4n) is 10.0. The quantitative estimate of drug-likeness (QED) is 0.0595. The van der Waals surface area contributed by atoms with E-state index in [2.05, 4.69) is 79.9 Å². The average Bonchev–Trinajstić information content (AvgIpc) is 3.23. The van der Waals surface area contributed by atoms with E-state index in [1.165, 1.54) is 211 Å². The number of hydrogen-bond donors (Lipinski definition) is 2. The van der Waals surface area contributed by atoms with Crippen LogP contribution in [0, 0.1) is 10.8 Å². The van der Waals surface area contributed by atoms with Crippen LogP contribution < -0.4 is 10.6 Å². The fourth-order valence-corrected chi connectivity index (χ4v) is 11.0. The minimum Gasteiger partial charge on any atom is -0.379 e. The molecule has 0 aromatic rings. The molecule has 2 N–H and O–H groups in total. The second-order valence-corrected chi connectivity index (χ2v) is 24.4. The summed E-state index contributed by atoms with van der Waals surface area (Å²) in [7, 11) is 1.75. The maximum atomic E-state index is 13.8. The maximum absolute atomic E-state index is 13.8. The fraction of sp³-hybridized carbons (Fsp3) is 0.966. The summed E-state index contributed by atoms with van der Waals surface area (Å²) in [5.74, 6) is 0.0766. The van der Waals surface area contributed by atoms with Gasteiger partial charge in [-0.25, -0.2) is 0 Å². The molecular weight excluding hydrogens is 821 g/mol. The Morgan fingerprint density at radius 1 is 0.477 bits per heavy atom. The Labute approximate surface area is 411 Å². The van der Waals surface area contributed by atoms with Gasteiger partial charge in [0.15, 0.2) is 0 Å². The molecule has 65 heavy (non-hydrogen) atoms. The second-order valence-electron chi connectivity index (χ2n) is 23.1. The van der Waals surface area contributed by atoms with E-state index in [0.29, 0.717) is 13.2 Å². The van der Waals surface area contributed by atoms with Crippen LogP contribution in [0.5, 0.6) is 0 Å². The lowest BCUT2D eigenvalue weighted by Crippen LogP contribution is -2.44. The summed E-state index contributed by atoms with van der Waals surface area (Å²) in [6.07, 6.45) is 48.1. The zero-order valence-corrected chi connectivity index (χ0v) is 46.7. The molecule has 7 heteroatoms. The molecule has 0 heterocycles. The standard InChI is InChI=1S/C58H116N2O4S/c1-12-14-16-18-20-22-24-26-28-30-31-33-35-37-39-41-43-45-52(65-54(62)59-47-44-42-40-38-36-34-32-29-27-25-23-21-19-17-15-13-2)49-60-53(61)56(5,6)50-55(3,4)51-58(9,10)64-48-46-57(7,8)63-11/h52H,12-51H2,1-11H3,(H,59,62)(H,60,61). The topological polar surface area (TPSA) is 76.7 Å². The van der Waals surface area contributed by atoms with Crippen molar-refractivity contribution in [3.63, 3.8) is 0 Å². The summed E-state index contributed by atoms with van der Waals surface area (Å²) in [5, 5.41) is 6.67. The first-order valence-corrected chi connectivity index (χ1v) is 29.3. The molecule has 388 valence electrons. The number of nitrogens with one attached hydrogen (secondary N) is 2. The number of ether oxygens (including phenoxy) is 2. The van der Waals surface area contributed by atoms with Gasteiger partial charge in [0, 0.05) is 30.9 Å². The van der Waals surface area contributed by atoms with E-state index in [1.54, 1.807) is 7.11 Å². The van der Waals surface area contributed by atoms with Crippen LogP contribution in [0.2, 0.25) is 0 Å². The van der Waals surface area contributed by atoms with Crippen molar-refractivity contribution in [1.29, 1.82) is 0 Å². The van der Waals surface area contributed by atoms with Gasteiger partial charge in [-0.3, -0.25) is 9.59 Å². The lowest BCUT2D eigenvalue weighted by molar-refractivity contribution is -0.132. The van der Waals surface area contributed by atoms with Crippen LogP contribution in [0.4, 0.5) is 4.79 Å². The third-order valence-electron chi connectivity index (χ3n) is 13.9. The molecule has 0 rings (SSSR count). The highest BCUT2D eigenvalue weighted by Crippen LogP contribution is 2.41. The monoisotopic (exact) mass is 937 g/mol. The van der Waals surface area contributed by atoms with Gasteiger partial charge in [-0.1, -0.05) is 259 Å². The van der Waals surface area contributed by atoms with Gasteiger partial charge < -0.3 is 20.1 Å². The minimum atomic E-state index is -0.545. The number of unbranched alkanes of at least 4 members (excludes halogenated alkanes) is 31. The van der Waals surface area contributed by atoms with Crippen molar-refractivity contribution in [2.24, 2.45) is 10.8 Å². The highest BCUT2D eigenvalue weighted by atomic mass is 32.2. The van der Waals surface area contributed by atoms with Crippen molar-refractivity contribution < 1.29 is 19.1 Å². The number of carbonyl (C=O) groups is 2. The summed E-state index contributed by atoms with van der Waals surface area (Å²) in [6, 6.07) is 0. The Morgan fingerprint density at radius 2 is 0.846 bits per heavy atom. The number of carbonyl (C=O) groups excluding carboxylic acids is 2. The number of thioether (sulfide) groups is 1. The SMILES string of the molecule is CCCCCCCCCCCCCCCCCCCC(CNC(=O)C(C)(C)CC(C)(C)CC(C)(C)OCCC(C)(C)OC)SC(=O)NCCCCCCCCCCCCCCCCCC. The molecule has 0 spiro atoms. The van der Waals surface area contributed by atoms with Gasteiger partial charge in [0.05, 0.1) is 17.8 Å². The molecule has 0 fully saturated rings. The van der Waals surface area contributed by atoms with Crippen molar-refractivity contribution in [2.75, 3.05) is 26.8 Å². The molecule has 1 unspecified atom stereocenters. The molecule has 0 radical (unpaired) electrons. The molecule has 0 aliphatic rings. The molecule has 0 saturated carbocycles.